The van der Waals surface area contributed by atoms with Gasteiger partial charge in [0, 0.05) is 12.6 Å². The number of ether oxygens (including phenoxy) is 2. The van der Waals surface area contributed by atoms with Gasteiger partial charge in [-0.2, -0.15) is 0 Å². The molecule has 0 aliphatic heterocycles. The van der Waals surface area contributed by atoms with Gasteiger partial charge in [0.15, 0.2) is 0 Å². The maximum Gasteiger partial charge on any atom is 0.123 e. The van der Waals surface area contributed by atoms with Gasteiger partial charge < -0.3 is 19.9 Å². The number of aliphatic hydroxyl groups excluding tert-OH is 1. The van der Waals surface area contributed by atoms with E-state index < -0.39 is 6.10 Å². The minimum atomic E-state index is -0.525. The van der Waals surface area contributed by atoms with Crippen LogP contribution in [-0.2, 0) is 0 Å². The summed E-state index contributed by atoms with van der Waals surface area (Å²) in [6, 6.07) is 7.38. The van der Waals surface area contributed by atoms with Crippen molar-refractivity contribution < 1.29 is 14.6 Å². The second kappa shape index (κ2) is 8.25. The van der Waals surface area contributed by atoms with Crippen molar-refractivity contribution in [2.45, 2.75) is 33.8 Å². The maximum absolute atomic E-state index is 9.93. The summed E-state index contributed by atoms with van der Waals surface area (Å²) in [7, 11) is 1.62. The molecule has 2 N–H and O–H groups in total. The summed E-state index contributed by atoms with van der Waals surface area (Å²) < 4.78 is 10.7. The Bertz CT molecular complexity index is 415. The van der Waals surface area contributed by atoms with E-state index in [-0.39, 0.29) is 12.0 Å². The van der Waals surface area contributed by atoms with Crippen LogP contribution in [0.2, 0.25) is 0 Å². The zero-order valence-corrected chi connectivity index (χ0v) is 13.8. The van der Waals surface area contributed by atoms with Crippen LogP contribution in [0.5, 0.6) is 11.5 Å². The fraction of sp³-hybridized carbons (Fsp3) is 0.647. The fourth-order valence-corrected chi connectivity index (χ4v) is 1.71. The zero-order valence-electron chi connectivity index (χ0n) is 13.8. The highest BCUT2D eigenvalue weighted by molar-refractivity contribution is 5.32. The first kappa shape index (κ1) is 17.8. The summed E-state index contributed by atoms with van der Waals surface area (Å²) in [5.41, 5.74) is 0.273. The summed E-state index contributed by atoms with van der Waals surface area (Å²) in [6.07, 6.45) is -0.525. The number of benzene rings is 1. The average Bonchev–Trinajstić information content (AvgIpc) is 2.44. The van der Waals surface area contributed by atoms with E-state index >= 15 is 0 Å². The van der Waals surface area contributed by atoms with Crippen molar-refractivity contribution in [3.8, 4) is 11.5 Å². The SMILES string of the molecule is COc1cccc(OCC(O)CNCC(C)C(C)(C)C)c1. The molecule has 0 fully saturated rings. The third-order valence-corrected chi connectivity index (χ3v) is 3.79. The predicted octanol–water partition coefficient (Wildman–Crippen LogP) is 2.71. The van der Waals surface area contributed by atoms with Crippen molar-refractivity contribution in [1.82, 2.24) is 5.32 Å². The van der Waals surface area contributed by atoms with Crippen LogP contribution in [0.25, 0.3) is 0 Å². The molecular formula is C17H29NO3. The van der Waals surface area contributed by atoms with Crippen LogP contribution >= 0.6 is 0 Å². The van der Waals surface area contributed by atoms with Gasteiger partial charge in [0.1, 0.15) is 24.2 Å². The van der Waals surface area contributed by atoms with Gasteiger partial charge >= 0.3 is 0 Å². The molecule has 1 aromatic rings. The van der Waals surface area contributed by atoms with Gasteiger partial charge in [-0.3, -0.25) is 0 Å². The monoisotopic (exact) mass is 295 g/mol. The third-order valence-electron chi connectivity index (χ3n) is 3.79. The number of nitrogens with one attached hydrogen (secondary N) is 1. The molecule has 0 radical (unpaired) electrons. The van der Waals surface area contributed by atoms with Gasteiger partial charge in [-0.1, -0.05) is 33.8 Å². The van der Waals surface area contributed by atoms with Gasteiger partial charge in [-0.05, 0) is 30.0 Å². The Morgan fingerprint density at radius 2 is 1.86 bits per heavy atom. The number of rotatable bonds is 8. The van der Waals surface area contributed by atoms with Crippen LogP contribution in [0, 0.1) is 11.3 Å². The first-order valence-electron chi connectivity index (χ1n) is 7.48. The molecule has 0 spiro atoms. The van der Waals surface area contributed by atoms with Crippen molar-refractivity contribution in [2.24, 2.45) is 11.3 Å². The Hall–Kier alpha value is -1.26. The molecular weight excluding hydrogens is 266 g/mol. The van der Waals surface area contributed by atoms with Crippen LogP contribution in [0.3, 0.4) is 0 Å². The minimum absolute atomic E-state index is 0.268. The number of hydrogen-bond acceptors (Lipinski definition) is 4. The molecule has 2 unspecified atom stereocenters. The Labute approximate surface area is 128 Å². The second-order valence-corrected chi connectivity index (χ2v) is 6.57. The standard InChI is InChI=1S/C17H29NO3/c1-13(17(2,3)4)10-18-11-14(19)12-21-16-8-6-7-15(9-16)20-5/h6-9,13-14,18-19H,10-12H2,1-5H3. The van der Waals surface area contributed by atoms with E-state index in [0.29, 0.717) is 18.2 Å². The molecule has 1 aromatic carbocycles. The van der Waals surface area contributed by atoms with Gasteiger partial charge in [0.25, 0.3) is 0 Å². The van der Waals surface area contributed by atoms with E-state index in [9.17, 15) is 5.11 Å². The molecule has 0 aromatic heterocycles. The lowest BCUT2D eigenvalue weighted by Gasteiger charge is -2.27. The molecule has 1 rings (SSSR count). The van der Waals surface area contributed by atoms with Gasteiger partial charge in [-0.25, -0.2) is 0 Å². The van der Waals surface area contributed by atoms with Crippen molar-refractivity contribution in [3.63, 3.8) is 0 Å². The molecule has 0 saturated heterocycles. The zero-order chi connectivity index (χ0) is 15.9. The molecule has 0 saturated carbocycles. The average molecular weight is 295 g/mol. The maximum atomic E-state index is 9.93. The summed E-state index contributed by atoms with van der Waals surface area (Å²) in [5, 5.41) is 13.2. The first-order chi connectivity index (χ1) is 9.82. The Balaban J connectivity index is 2.26. The highest BCUT2D eigenvalue weighted by atomic mass is 16.5. The van der Waals surface area contributed by atoms with Crippen molar-refractivity contribution in [1.29, 1.82) is 0 Å². The third kappa shape index (κ3) is 6.82. The lowest BCUT2D eigenvalue weighted by atomic mass is 9.82. The Kier molecular flexibility index (Phi) is 6.99. The number of methoxy groups -OCH3 is 1. The van der Waals surface area contributed by atoms with E-state index in [1.165, 1.54) is 0 Å². The molecule has 120 valence electrons. The van der Waals surface area contributed by atoms with Crippen LogP contribution in [-0.4, -0.2) is 38.0 Å². The van der Waals surface area contributed by atoms with Gasteiger partial charge in [-0.15, -0.1) is 0 Å². The number of hydrogen-bond donors (Lipinski definition) is 2. The molecule has 0 amide bonds. The van der Waals surface area contributed by atoms with Crippen LogP contribution in [0.4, 0.5) is 0 Å². The van der Waals surface area contributed by atoms with Crippen molar-refractivity contribution in [2.75, 3.05) is 26.8 Å². The predicted molar refractivity (Wildman–Crippen MR) is 86.0 cm³/mol. The highest BCUT2D eigenvalue weighted by Gasteiger charge is 2.19. The molecule has 0 bridgehead atoms. The number of aliphatic hydroxyl groups is 1. The van der Waals surface area contributed by atoms with Gasteiger partial charge in [0.05, 0.1) is 7.11 Å². The molecule has 0 aliphatic rings. The van der Waals surface area contributed by atoms with Crippen molar-refractivity contribution in [3.05, 3.63) is 24.3 Å². The smallest absolute Gasteiger partial charge is 0.123 e. The molecule has 0 heterocycles. The van der Waals surface area contributed by atoms with E-state index in [2.05, 4.69) is 33.0 Å². The summed E-state index contributed by atoms with van der Waals surface area (Å²) >= 11 is 0. The summed E-state index contributed by atoms with van der Waals surface area (Å²) in [6.45, 7) is 10.6. The molecule has 4 nitrogen and oxygen atoms in total. The van der Waals surface area contributed by atoms with Gasteiger partial charge in [0.2, 0.25) is 0 Å². The van der Waals surface area contributed by atoms with E-state index in [4.69, 9.17) is 9.47 Å². The molecule has 21 heavy (non-hydrogen) atoms. The van der Waals surface area contributed by atoms with E-state index in [0.717, 1.165) is 12.3 Å². The quantitative estimate of drug-likeness (QED) is 0.774. The lowest BCUT2D eigenvalue weighted by molar-refractivity contribution is 0.103. The normalized spacial score (nSPS) is 14.6. The van der Waals surface area contributed by atoms with E-state index in [1.54, 1.807) is 7.11 Å². The fourth-order valence-electron chi connectivity index (χ4n) is 1.71. The molecule has 2 atom stereocenters. The largest absolute Gasteiger partial charge is 0.497 e. The van der Waals surface area contributed by atoms with E-state index in [1.807, 2.05) is 24.3 Å². The Morgan fingerprint density at radius 3 is 2.48 bits per heavy atom. The van der Waals surface area contributed by atoms with Crippen LogP contribution in [0.1, 0.15) is 27.7 Å². The van der Waals surface area contributed by atoms with Crippen LogP contribution in [0.15, 0.2) is 24.3 Å². The second-order valence-electron chi connectivity index (χ2n) is 6.57. The van der Waals surface area contributed by atoms with Crippen molar-refractivity contribution >= 4 is 0 Å². The molecule has 4 heteroatoms. The Morgan fingerprint density at radius 1 is 1.19 bits per heavy atom. The summed E-state index contributed by atoms with van der Waals surface area (Å²) in [4.78, 5) is 0. The first-order valence-corrected chi connectivity index (χ1v) is 7.48. The highest BCUT2D eigenvalue weighted by Crippen LogP contribution is 2.24. The minimum Gasteiger partial charge on any atom is -0.497 e. The van der Waals surface area contributed by atoms with Crippen LogP contribution < -0.4 is 14.8 Å². The topological polar surface area (TPSA) is 50.7 Å². The molecule has 0 aliphatic carbocycles. The summed E-state index contributed by atoms with van der Waals surface area (Å²) in [5.74, 6) is 2.00. The lowest BCUT2D eigenvalue weighted by Crippen LogP contribution is -2.36.